The number of aromatic nitrogens is 4. The van der Waals surface area contributed by atoms with Crippen LogP contribution < -0.4 is 10.1 Å². The number of carboxylic acid groups (broad SMARTS) is 1. The highest BCUT2D eigenvalue weighted by Gasteiger charge is 2.24. The van der Waals surface area contributed by atoms with Gasteiger partial charge in [-0.05, 0) is 18.2 Å². The van der Waals surface area contributed by atoms with E-state index in [0.717, 1.165) is 5.82 Å². The van der Waals surface area contributed by atoms with E-state index >= 15 is 0 Å². The van der Waals surface area contributed by atoms with Gasteiger partial charge < -0.3 is 19.7 Å². The number of hydrogen-bond donors (Lipinski definition) is 2. The Kier molecular flexibility index (Phi) is 4.83. The molecule has 0 spiro atoms. The molecule has 3 aromatic rings. The molecule has 26 heavy (non-hydrogen) atoms. The zero-order valence-electron chi connectivity index (χ0n) is 14.1. The van der Waals surface area contributed by atoms with E-state index in [4.69, 9.17) is 9.26 Å². The van der Waals surface area contributed by atoms with Gasteiger partial charge in [0.1, 0.15) is 12.2 Å². The van der Waals surface area contributed by atoms with Crippen molar-refractivity contribution in [2.24, 2.45) is 7.05 Å². The summed E-state index contributed by atoms with van der Waals surface area (Å²) in [7, 11) is 3.08. The van der Waals surface area contributed by atoms with Crippen LogP contribution in [0.5, 0.6) is 5.75 Å². The van der Waals surface area contributed by atoms with Gasteiger partial charge >= 0.3 is 5.97 Å². The van der Waals surface area contributed by atoms with Gasteiger partial charge in [-0.15, -0.1) is 0 Å². The van der Waals surface area contributed by atoms with Crippen LogP contribution in [-0.2, 0) is 13.5 Å². The maximum Gasteiger partial charge on any atom is 0.343 e. The van der Waals surface area contributed by atoms with E-state index in [1.54, 1.807) is 11.7 Å². The number of methoxy groups -OCH3 is 1. The van der Waals surface area contributed by atoms with E-state index < -0.39 is 11.8 Å². The molecule has 2 aromatic heterocycles. The Morgan fingerprint density at radius 2 is 2.27 bits per heavy atom. The summed E-state index contributed by atoms with van der Waals surface area (Å²) in [6.07, 6.45) is 1.95. The van der Waals surface area contributed by atoms with Gasteiger partial charge in [-0.25, -0.2) is 14.2 Å². The second-order valence-corrected chi connectivity index (χ2v) is 5.37. The van der Waals surface area contributed by atoms with Crippen molar-refractivity contribution in [1.82, 2.24) is 19.9 Å². The number of carbonyl (C=O) groups is 1. The SMILES string of the molecule is COc1cc(-c2onc(NCCc3ncnn3C)c2C(=O)O)ccc1F. The fraction of sp³-hybridized carbons (Fsp3) is 0.250. The monoisotopic (exact) mass is 361 g/mol. The number of rotatable bonds is 7. The minimum Gasteiger partial charge on any atom is -0.494 e. The van der Waals surface area contributed by atoms with Crippen LogP contribution >= 0.6 is 0 Å². The lowest BCUT2D eigenvalue weighted by Gasteiger charge is -2.05. The summed E-state index contributed by atoms with van der Waals surface area (Å²) in [4.78, 5) is 15.8. The minimum atomic E-state index is -1.22. The first-order valence-electron chi connectivity index (χ1n) is 7.65. The molecule has 0 fully saturated rings. The molecular weight excluding hydrogens is 345 g/mol. The second-order valence-electron chi connectivity index (χ2n) is 5.37. The third-order valence-corrected chi connectivity index (χ3v) is 3.77. The van der Waals surface area contributed by atoms with Crippen LogP contribution in [0, 0.1) is 5.82 Å². The standard InChI is InChI=1S/C16H16FN5O4/c1-22-12(19-8-20-22)5-6-18-15-13(16(23)24)14(26-21-15)9-3-4-10(17)11(7-9)25-2/h3-4,7-8H,5-6H2,1-2H3,(H,18,21)(H,23,24). The molecule has 0 saturated heterocycles. The first-order chi connectivity index (χ1) is 12.5. The number of carboxylic acids is 1. The van der Waals surface area contributed by atoms with Crippen LogP contribution in [0.2, 0.25) is 0 Å². The van der Waals surface area contributed by atoms with E-state index in [1.165, 1.54) is 31.6 Å². The lowest BCUT2D eigenvalue weighted by atomic mass is 10.1. The van der Waals surface area contributed by atoms with Gasteiger partial charge in [-0.1, -0.05) is 5.16 Å². The molecule has 10 heteroatoms. The Morgan fingerprint density at radius 3 is 2.92 bits per heavy atom. The largest absolute Gasteiger partial charge is 0.494 e. The Morgan fingerprint density at radius 1 is 1.46 bits per heavy atom. The first-order valence-corrected chi connectivity index (χ1v) is 7.65. The Hall–Kier alpha value is -3.43. The maximum atomic E-state index is 13.6. The van der Waals surface area contributed by atoms with Crippen molar-refractivity contribution in [2.75, 3.05) is 19.0 Å². The molecule has 3 rings (SSSR count). The van der Waals surface area contributed by atoms with Gasteiger partial charge in [-0.2, -0.15) is 5.10 Å². The number of anilines is 1. The smallest absolute Gasteiger partial charge is 0.343 e. The second kappa shape index (κ2) is 7.21. The van der Waals surface area contributed by atoms with Crippen LogP contribution in [0.25, 0.3) is 11.3 Å². The van der Waals surface area contributed by atoms with Gasteiger partial charge in [0, 0.05) is 25.6 Å². The average Bonchev–Trinajstić information content (AvgIpc) is 3.22. The molecule has 2 heterocycles. The van der Waals surface area contributed by atoms with Crippen LogP contribution in [-0.4, -0.2) is 44.7 Å². The van der Waals surface area contributed by atoms with Crippen molar-refractivity contribution < 1.29 is 23.6 Å². The lowest BCUT2D eigenvalue weighted by Crippen LogP contribution is -2.12. The molecular formula is C16H16FN5O4. The highest BCUT2D eigenvalue weighted by atomic mass is 19.1. The normalized spacial score (nSPS) is 10.7. The predicted octanol–water partition coefficient (Wildman–Crippen LogP) is 1.97. The summed E-state index contributed by atoms with van der Waals surface area (Å²) in [6, 6.07) is 3.92. The van der Waals surface area contributed by atoms with E-state index in [0.29, 0.717) is 18.5 Å². The average molecular weight is 361 g/mol. The maximum absolute atomic E-state index is 13.6. The minimum absolute atomic E-state index is 0.0111. The van der Waals surface area contributed by atoms with Crippen molar-refractivity contribution in [1.29, 1.82) is 0 Å². The molecule has 0 amide bonds. The molecule has 0 aliphatic heterocycles. The van der Waals surface area contributed by atoms with Gasteiger partial charge in [0.25, 0.3) is 0 Å². The topological polar surface area (TPSA) is 115 Å². The number of ether oxygens (including phenoxy) is 1. The van der Waals surface area contributed by atoms with Crippen molar-refractivity contribution in [2.45, 2.75) is 6.42 Å². The van der Waals surface area contributed by atoms with E-state index in [2.05, 4.69) is 20.6 Å². The zero-order chi connectivity index (χ0) is 18.7. The molecule has 0 aliphatic carbocycles. The molecule has 0 aliphatic rings. The van der Waals surface area contributed by atoms with Crippen LogP contribution in [0.15, 0.2) is 29.0 Å². The summed E-state index contributed by atoms with van der Waals surface area (Å²) in [5.41, 5.74) is 0.200. The molecule has 0 radical (unpaired) electrons. The molecule has 0 saturated carbocycles. The number of aromatic carboxylic acids is 1. The number of nitrogens with zero attached hydrogens (tertiary/aromatic N) is 4. The predicted molar refractivity (Wildman–Crippen MR) is 88.6 cm³/mol. The number of nitrogens with one attached hydrogen (secondary N) is 1. The molecule has 9 nitrogen and oxygen atoms in total. The van der Waals surface area contributed by atoms with Gasteiger partial charge in [0.2, 0.25) is 0 Å². The molecule has 0 atom stereocenters. The first kappa shape index (κ1) is 17.4. The zero-order valence-corrected chi connectivity index (χ0v) is 14.1. The van der Waals surface area contributed by atoms with Crippen LogP contribution in [0.1, 0.15) is 16.2 Å². The van der Waals surface area contributed by atoms with E-state index in [-0.39, 0.29) is 22.9 Å². The van der Waals surface area contributed by atoms with Gasteiger partial charge in [-0.3, -0.25) is 4.68 Å². The Labute approximate surface area is 147 Å². The Balaban J connectivity index is 1.84. The summed E-state index contributed by atoms with van der Waals surface area (Å²) in [5.74, 6) is -0.969. The van der Waals surface area contributed by atoms with Crippen molar-refractivity contribution in [3.63, 3.8) is 0 Å². The number of hydrogen-bond acceptors (Lipinski definition) is 7. The molecule has 136 valence electrons. The third-order valence-electron chi connectivity index (χ3n) is 3.77. The van der Waals surface area contributed by atoms with Crippen LogP contribution in [0.3, 0.4) is 0 Å². The van der Waals surface area contributed by atoms with Crippen molar-refractivity contribution in [3.8, 4) is 17.1 Å². The number of benzene rings is 1. The molecule has 0 bridgehead atoms. The lowest BCUT2D eigenvalue weighted by molar-refractivity contribution is 0.0698. The number of halogens is 1. The quantitative estimate of drug-likeness (QED) is 0.656. The third kappa shape index (κ3) is 3.34. The molecule has 2 N–H and O–H groups in total. The molecule has 1 aromatic carbocycles. The highest BCUT2D eigenvalue weighted by molar-refractivity contribution is 5.99. The van der Waals surface area contributed by atoms with Crippen LogP contribution in [0.4, 0.5) is 10.2 Å². The number of aryl methyl sites for hydroxylation is 1. The Bertz CT molecular complexity index is 937. The van der Waals surface area contributed by atoms with E-state index in [1.807, 2.05) is 0 Å². The van der Waals surface area contributed by atoms with Crippen molar-refractivity contribution >= 4 is 11.8 Å². The van der Waals surface area contributed by atoms with Crippen molar-refractivity contribution in [3.05, 3.63) is 41.7 Å². The summed E-state index contributed by atoms with van der Waals surface area (Å²) in [5, 5.41) is 20.2. The fourth-order valence-electron chi connectivity index (χ4n) is 2.45. The summed E-state index contributed by atoms with van der Waals surface area (Å²) < 4.78 is 25.3. The molecule has 0 unspecified atom stereocenters. The highest BCUT2D eigenvalue weighted by Crippen LogP contribution is 2.32. The fourth-order valence-corrected chi connectivity index (χ4v) is 2.45. The summed E-state index contributed by atoms with van der Waals surface area (Å²) in [6.45, 7) is 0.380. The summed E-state index contributed by atoms with van der Waals surface area (Å²) >= 11 is 0. The van der Waals surface area contributed by atoms with Gasteiger partial charge in [0.15, 0.2) is 28.7 Å². The van der Waals surface area contributed by atoms with Gasteiger partial charge in [0.05, 0.1) is 7.11 Å². The van der Waals surface area contributed by atoms with E-state index in [9.17, 15) is 14.3 Å².